The van der Waals surface area contributed by atoms with Crippen LogP contribution in [0.1, 0.15) is 32.1 Å². The zero-order chi connectivity index (χ0) is 13.4. The third-order valence-electron chi connectivity index (χ3n) is 3.37. The Morgan fingerprint density at radius 3 is 2.78 bits per heavy atom. The summed E-state index contributed by atoms with van der Waals surface area (Å²) in [6, 6.07) is 0.316. The number of hydrogen-bond donors (Lipinski definition) is 2. The van der Waals surface area contributed by atoms with Gasteiger partial charge in [0, 0.05) is 18.9 Å². The van der Waals surface area contributed by atoms with Crippen LogP contribution in [0.25, 0.3) is 0 Å². The normalized spacial score (nSPS) is 25.2. The van der Waals surface area contributed by atoms with Crippen molar-refractivity contribution in [1.82, 2.24) is 5.32 Å². The van der Waals surface area contributed by atoms with E-state index >= 15 is 0 Å². The highest BCUT2D eigenvalue weighted by Gasteiger charge is 2.28. The first-order valence-electron chi connectivity index (χ1n) is 6.65. The molecule has 0 heterocycles. The molecule has 0 bridgehead atoms. The number of sulfone groups is 1. The number of aliphatic hydroxyl groups excluding tert-OH is 1. The minimum Gasteiger partial charge on any atom is -0.394 e. The van der Waals surface area contributed by atoms with E-state index in [1.807, 2.05) is 0 Å². The van der Waals surface area contributed by atoms with Crippen LogP contribution in [0.4, 0.5) is 0 Å². The van der Waals surface area contributed by atoms with Crippen molar-refractivity contribution in [3.63, 3.8) is 0 Å². The van der Waals surface area contributed by atoms with Crippen molar-refractivity contribution >= 4 is 9.84 Å². The number of rotatable bonds is 8. The summed E-state index contributed by atoms with van der Waals surface area (Å²) in [6.45, 7) is 1.92. The fourth-order valence-electron chi connectivity index (χ4n) is 2.37. The molecule has 1 rings (SSSR count). The molecule has 18 heavy (non-hydrogen) atoms. The molecule has 1 aliphatic rings. The van der Waals surface area contributed by atoms with Crippen molar-refractivity contribution in [3.8, 4) is 0 Å². The largest absolute Gasteiger partial charge is 0.394 e. The maximum absolute atomic E-state index is 11.5. The Morgan fingerprint density at radius 2 is 2.11 bits per heavy atom. The van der Waals surface area contributed by atoms with Gasteiger partial charge in [-0.2, -0.15) is 0 Å². The first kappa shape index (κ1) is 15.9. The number of nitrogens with one attached hydrogen (secondary N) is 1. The van der Waals surface area contributed by atoms with Crippen molar-refractivity contribution in [3.05, 3.63) is 0 Å². The van der Waals surface area contributed by atoms with Gasteiger partial charge in [-0.15, -0.1) is 0 Å². The molecule has 5 nitrogen and oxygen atoms in total. The van der Waals surface area contributed by atoms with Crippen LogP contribution in [0.3, 0.4) is 0 Å². The van der Waals surface area contributed by atoms with Gasteiger partial charge in [0.15, 0.2) is 0 Å². The average Bonchev–Trinajstić information content (AvgIpc) is 2.33. The van der Waals surface area contributed by atoms with Gasteiger partial charge in [0.25, 0.3) is 0 Å². The first-order valence-corrected chi connectivity index (χ1v) is 8.60. The molecule has 0 aromatic heterocycles. The highest BCUT2D eigenvalue weighted by atomic mass is 32.2. The monoisotopic (exact) mass is 279 g/mol. The van der Waals surface area contributed by atoms with Crippen LogP contribution < -0.4 is 5.32 Å². The summed E-state index contributed by atoms with van der Waals surface area (Å²) in [5, 5.41) is 11.8. The van der Waals surface area contributed by atoms with Gasteiger partial charge in [-0.3, -0.25) is 0 Å². The summed E-state index contributed by atoms with van der Waals surface area (Å²) in [7, 11) is -2.89. The highest BCUT2D eigenvalue weighted by molar-refractivity contribution is 7.91. The Labute approximate surface area is 110 Å². The van der Waals surface area contributed by atoms with Crippen LogP contribution in [-0.4, -0.2) is 57.4 Å². The molecule has 0 saturated heterocycles. The van der Waals surface area contributed by atoms with Crippen molar-refractivity contribution in [2.75, 3.05) is 32.6 Å². The molecule has 6 heteroatoms. The minimum absolute atomic E-state index is 0.0616. The number of hydrogen-bond acceptors (Lipinski definition) is 5. The lowest BCUT2D eigenvalue weighted by Gasteiger charge is -2.28. The van der Waals surface area contributed by atoms with E-state index in [-0.39, 0.29) is 11.9 Å². The first-order chi connectivity index (χ1) is 8.54. The van der Waals surface area contributed by atoms with E-state index in [1.54, 1.807) is 0 Å². The Kier molecular flexibility index (Phi) is 7.14. The molecule has 1 aliphatic carbocycles. The Balaban J connectivity index is 2.15. The quantitative estimate of drug-likeness (QED) is 0.626. The lowest BCUT2D eigenvalue weighted by molar-refractivity contribution is 0.0902. The molecule has 0 aromatic rings. The Morgan fingerprint density at radius 1 is 1.33 bits per heavy atom. The summed E-state index contributed by atoms with van der Waals surface area (Å²) in [5.41, 5.74) is 0. The standard InChI is InChI=1S/C12H25NO4S/c1-18(15,16)12-5-2-4-11(10-12)13-6-3-8-17-9-7-14/h11-14H,2-10H2,1H3. The van der Waals surface area contributed by atoms with E-state index < -0.39 is 9.84 Å². The molecule has 108 valence electrons. The van der Waals surface area contributed by atoms with Gasteiger partial charge in [-0.1, -0.05) is 6.42 Å². The molecule has 1 saturated carbocycles. The minimum atomic E-state index is -2.89. The molecule has 0 amide bonds. The summed E-state index contributed by atoms with van der Waals surface area (Å²) >= 11 is 0. The molecule has 0 aromatic carbocycles. The molecular weight excluding hydrogens is 254 g/mol. The molecule has 0 aliphatic heterocycles. The van der Waals surface area contributed by atoms with E-state index in [2.05, 4.69) is 5.32 Å². The van der Waals surface area contributed by atoms with Crippen LogP contribution in [-0.2, 0) is 14.6 Å². The summed E-state index contributed by atoms with van der Waals surface area (Å²) in [6.07, 6.45) is 5.80. The molecule has 2 atom stereocenters. The van der Waals surface area contributed by atoms with Gasteiger partial charge in [0.2, 0.25) is 0 Å². The lowest BCUT2D eigenvalue weighted by Crippen LogP contribution is -2.39. The maximum Gasteiger partial charge on any atom is 0.150 e. The second kappa shape index (κ2) is 8.09. The van der Waals surface area contributed by atoms with Gasteiger partial charge in [0.05, 0.1) is 18.5 Å². The topological polar surface area (TPSA) is 75.6 Å². The van der Waals surface area contributed by atoms with E-state index in [0.29, 0.717) is 19.3 Å². The smallest absolute Gasteiger partial charge is 0.150 e. The second-order valence-electron chi connectivity index (χ2n) is 4.96. The average molecular weight is 279 g/mol. The summed E-state index contributed by atoms with van der Waals surface area (Å²) in [5.74, 6) is 0. The van der Waals surface area contributed by atoms with Crippen molar-refractivity contribution in [2.45, 2.75) is 43.4 Å². The van der Waals surface area contributed by atoms with Gasteiger partial charge in [-0.05, 0) is 32.2 Å². The fraction of sp³-hybridized carbons (Fsp3) is 1.00. The summed E-state index contributed by atoms with van der Waals surface area (Å²) in [4.78, 5) is 0. The SMILES string of the molecule is CS(=O)(=O)C1CCCC(NCCCOCCO)C1. The lowest BCUT2D eigenvalue weighted by atomic mass is 9.95. The van der Waals surface area contributed by atoms with E-state index in [1.165, 1.54) is 6.26 Å². The van der Waals surface area contributed by atoms with Gasteiger partial charge < -0.3 is 15.2 Å². The molecule has 2 N–H and O–H groups in total. The van der Waals surface area contributed by atoms with Gasteiger partial charge in [0.1, 0.15) is 9.84 Å². The zero-order valence-electron chi connectivity index (χ0n) is 11.1. The van der Waals surface area contributed by atoms with Crippen LogP contribution in [0, 0.1) is 0 Å². The zero-order valence-corrected chi connectivity index (χ0v) is 11.9. The van der Waals surface area contributed by atoms with Gasteiger partial charge in [-0.25, -0.2) is 8.42 Å². The van der Waals surface area contributed by atoms with Crippen molar-refractivity contribution in [2.24, 2.45) is 0 Å². The molecule has 0 spiro atoms. The van der Waals surface area contributed by atoms with Crippen molar-refractivity contribution < 1.29 is 18.3 Å². The molecular formula is C12H25NO4S. The highest BCUT2D eigenvalue weighted by Crippen LogP contribution is 2.23. The van der Waals surface area contributed by atoms with E-state index in [4.69, 9.17) is 9.84 Å². The number of aliphatic hydroxyl groups is 1. The van der Waals surface area contributed by atoms with Gasteiger partial charge >= 0.3 is 0 Å². The second-order valence-corrected chi connectivity index (χ2v) is 7.28. The number of ether oxygens (including phenoxy) is 1. The van der Waals surface area contributed by atoms with Crippen LogP contribution in [0.5, 0.6) is 0 Å². The third kappa shape index (κ3) is 6.13. The molecule has 1 fully saturated rings. The van der Waals surface area contributed by atoms with Crippen LogP contribution in [0.15, 0.2) is 0 Å². The van der Waals surface area contributed by atoms with Crippen LogP contribution in [0.2, 0.25) is 0 Å². The van der Waals surface area contributed by atoms with E-state index in [0.717, 1.165) is 38.6 Å². The Bertz CT molecular complexity index is 318. The van der Waals surface area contributed by atoms with E-state index in [9.17, 15) is 8.42 Å². The predicted octanol–water partition coefficient (Wildman–Crippen LogP) is 0.331. The molecule has 2 unspecified atom stereocenters. The fourth-order valence-corrected chi connectivity index (χ4v) is 3.54. The molecule has 0 radical (unpaired) electrons. The maximum atomic E-state index is 11.5. The Hall–Kier alpha value is -0.170. The predicted molar refractivity (Wildman–Crippen MR) is 71.4 cm³/mol. The third-order valence-corrected chi connectivity index (χ3v) is 5.00. The van der Waals surface area contributed by atoms with Crippen molar-refractivity contribution in [1.29, 1.82) is 0 Å². The summed E-state index contributed by atoms with van der Waals surface area (Å²) < 4.78 is 28.2. The van der Waals surface area contributed by atoms with Crippen LogP contribution >= 0.6 is 0 Å².